The molecule has 0 spiro atoms. The molecule has 0 radical (unpaired) electrons. The lowest BCUT2D eigenvalue weighted by Crippen LogP contribution is -2.67. The number of anilines is 1. The van der Waals surface area contributed by atoms with E-state index in [4.69, 9.17) is 0 Å². The molecule has 17 heavy (non-hydrogen) atoms. The van der Waals surface area contributed by atoms with Crippen molar-refractivity contribution < 1.29 is 8.78 Å². The minimum atomic E-state index is -0.438. The van der Waals surface area contributed by atoms with Gasteiger partial charge in [-0.15, -0.1) is 0 Å². The van der Waals surface area contributed by atoms with Crippen LogP contribution in [0.5, 0.6) is 0 Å². The summed E-state index contributed by atoms with van der Waals surface area (Å²) in [7, 11) is 2.08. The molecule has 3 aliphatic rings. The Labute approximate surface area is 99.8 Å². The number of likely N-dealkylation sites (N-methyl/N-ethyl adjacent to an activating group) is 1. The average molecular weight is 238 g/mol. The first kappa shape index (κ1) is 11.0. The fraction of sp³-hybridized carbons (Fsp3) is 0.538. The topological polar surface area (TPSA) is 6.48 Å². The van der Waals surface area contributed by atoms with Gasteiger partial charge in [-0.05, 0) is 38.1 Å². The zero-order valence-electron chi connectivity index (χ0n) is 10.1. The summed E-state index contributed by atoms with van der Waals surface area (Å²) in [6.07, 6.45) is 1.15. The van der Waals surface area contributed by atoms with E-state index in [1.165, 1.54) is 12.1 Å². The molecule has 1 aromatic rings. The third-order valence-electron chi connectivity index (χ3n) is 4.04. The molecular weight excluding hydrogens is 222 g/mol. The first-order valence-electron chi connectivity index (χ1n) is 5.99. The van der Waals surface area contributed by atoms with E-state index in [1.54, 1.807) is 6.92 Å². The standard InChI is InChI=1S/C13H16F2N2/c1-8-3-11(14)13(12(15)4-8)17-6-9-5-10(7-17)16(9)2/h3-4,9-10H,5-7H2,1-2H3. The van der Waals surface area contributed by atoms with E-state index in [-0.39, 0.29) is 5.69 Å². The summed E-state index contributed by atoms with van der Waals surface area (Å²) in [4.78, 5) is 4.14. The Morgan fingerprint density at radius 3 is 2.12 bits per heavy atom. The van der Waals surface area contributed by atoms with Gasteiger partial charge in [0.15, 0.2) is 0 Å². The Balaban J connectivity index is 1.91. The van der Waals surface area contributed by atoms with Crippen LogP contribution >= 0.6 is 0 Å². The molecule has 3 saturated heterocycles. The molecule has 2 atom stereocenters. The quantitative estimate of drug-likeness (QED) is 0.740. The molecule has 0 aromatic heterocycles. The molecule has 3 aliphatic heterocycles. The number of hydrogen-bond donors (Lipinski definition) is 0. The van der Waals surface area contributed by atoms with Crippen LogP contribution in [0.2, 0.25) is 0 Å². The normalized spacial score (nSPS) is 28.1. The van der Waals surface area contributed by atoms with Crippen LogP contribution in [0.4, 0.5) is 14.5 Å². The summed E-state index contributed by atoms with van der Waals surface area (Å²) in [5.41, 5.74) is 0.779. The van der Waals surface area contributed by atoms with Crippen LogP contribution in [0, 0.1) is 18.6 Å². The lowest BCUT2D eigenvalue weighted by Gasteiger charge is -2.55. The van der Waals surface area contributed by atoms with Gasteiger partial charge in [0.05, 0.1) is 0 Å². The number of halogens is 2. The highest BCUT2D eigenvalue weighted by molar-refractivity contribution is 5.52. The van der Waals surface area contributed by atoms with Gasteiger partial charge in [0, 0.05) is 25.2 Å². The molecule has 0 amide bonds. The fourth-order valence-corrected chi connectivity index (χ4v) is 2.97. The predicted octanol–water partition coefficient (Wildman–Crippen LogP) is 2.17. The molecule has 2 nitrogen and oxygen atoms in total. The van der Waals surface area contributed by atoms with E-state index in [0.717, 1.165) is 19.5 Å². The van der Waals surface area contributed by atoms with Gasteiger partial charge in [-0.25, -0.2) is 8.78 Å². The summed E-state index contributed by atoms with van der Waals surface area (Å²) in [6, 6.07) is 3.72. The minimum absolute atomic E-state index is 0.151. The second-order valence-electron chi connectivity index (χ2n) is 5.19. The molecule has 4 rings (SSSR count). The molecule has 3 fully saturated rings. The molecular formula is C13H16F2N2. The Morgan fingerprint density at radius 2 is 1.65 bits per heavy atom. The van der Waals surface area contributed by atoms with Crippen molar-refractivity contribution in [1.29, 1.82) is 0 Å². The predicted molar refractivity (Wildman–Crippen MR) is 63.3 cm³/mol. The summed E-state index contributed by atoms with van der Waals surface area (Å²) in [6.45, 7) is 3.16. The maximum atomic E-state index is 13.8. The average Bonchev–Trinajstić information content (AvgIpc) is 2.27. The van der Waals surface area contributed by atoms with Crippen LogP contribution in [0.3, 0.4) is 0 Å². The van der Waals surface area contributed by atoms with Crippen LogP contribution < -0.4 is 4.90 Å². The van der Waals surface area contributed by atoms with Gasteiger partial charge in [0.2, 0.25) is 0 Å². The lowest BCUT2D eigenvalue weighted by atomic mass is 9.88. The van der Waals surface area contributed by atoms with Gasteiger partial charge in [-0.3, -0.25) is 4.90 Å². The van der Waals surface area contributed by atoms with Crippen molar-refractivity contribution in [2.45, 2.75) is 25.4 Å². The Morgan fingerprint density at radius 1 is 1.12 bits per heavy atom. The lowest BCUT2D eigenvalue weighted by molar-refractivity contribution is 0.0259. The third kappa shape index (κ3) is 1.62. The number of nitrogens with zero attached hydrogens (tertiary/aromatic N) is 2. The molecule has 92 valence electrons. The van der Waals surface area contributed by atoms with Gasteiger partial charge < -0.3 is 4.90 Å². The number of rotatable bonds is 1. The molecule has 2 unspecified atom stereocenters. The molecule has 1 aromatic carbocycles. The van der Waals surface area contributed by atoms with Crippen molar-refractivity contribution in [3.8, 4) is 0 Å². The van der Waals surface area contributed by atoms with Gasteiger partial charge in [0.25, 0.3) is 0 Å². The largest absolute Gasteiger partial charge is 0.364 e. The first-order chi connectivity index (χ1) is 8.06. The fourth-order valence-electron chi connectivity index (χ4n) is 2.97. The highest BCUT2D eigenvalue weighted by Crippen LogP contribution is 2.35. The van der Waals surface area contributed by atoms with E-state index < -0.39 is 11.6 Å². The molecule has 2 bridgehead atoms. The van der Waals surface area contributed by atoms with Crippen LogP contribution in [-0.4, -0.2) is 37.1 Å². The van der Waals surface area contributed by atoms with E-state index in [2.05, 4.69) is 11.9 Å². The van der Waals surface area contributed by atoms with Crippen molar-refractivity contribution in [3.05, 3.63) is 29.3 Å². The highest BCUT2D eigenvalue weighted by atomic mass is 19.1. The van der Waals surface area contributed by atoms with Crippen LogP contribution in [0.15, 0.2) is 12.1 Å². The van der Waals surface area contributed by atoms with Crippen LogP contribution in [0.1, 0.15) is 12.0 Å². The van der Waals surface area contributed by atoms with Crippen molar-refractivity contribution in [1.82, 2.24) is 4.90 Å². The summed E-state index contributed by atoms with van der Waals surface area (Å²) >= 11 is 0. The van der Waals surface area contributed by atoms with Crippen molar-refractivity contribution >= 4 is 5.69 Å². The van der Waals surface area contributed by atoms with Crippen molar-refractivity contribution in [2.75, 3.05) is 25.0 Å². The summed E-state index contributed by atoms with van der Waals surface area (Å²) in [5, 5.41) is 0. The molecule has 0 saturated carbocycles. The Hall–Kier alpha value is -1.16. The zero-order valence-corrected chi connectivity index (χ0v) is 10.1. The number of benzene rings is 1. The van der Waals surface area contributed by atoms with Gasteiger partial charge in [0.1, 0.15) is 17.3 Å². The number of hydrogen-bond acceptors (Lipinski definition) is 2. The maximum Gasteiger partial charge on any atom is 0.149 e. The summed E-state index contributed by atoms with van der Waals surface area (Å²) < 4.78 is 27.7. The van der Waals surface area contributed by atoms with Crippen LogP contribution in [0.25, 0.3) is 0 Å². The number of piperazine rings is 1. The van der Waals surface area contributed by atoms with E-state index in [0.29, 0.717) is 17.6 Å². The molecule has 0 N–H and O–H groups in total. The number of piperidine rings is 1. The first-order valence-corrected chi connectivity index (χ1v) is 5.99. The second-order valence-corrected chi connectivity index (χ2v) is 5.19. The number of aryl methyl sites for hydroxylation is 1. The molecule has 3 heterocycles. The Kier molecular flexibility index (Phi) is 2.36. The van der Waals surface area contributed by atoms with Crippen molar-refractivity contribution in [3.63, 3.8) is 0 Å². The highest BCUT2D eigenvalue weighted by Gasteiger charge is 2.43. The smallest absolute Gasteiger partial charge is 0.149 e. The monoisotopic (exact) mass is 238 g/mol. The maximum absolute atomic E-state index is 13.8. The second kappa shape index (κ2) is 3.67. The van der Waals surface area contributed by atoms with E-state index in [9.17, 15) is 8.78 Å². The van der Waals surface area contributed by atoms with Gasteiger partial charge >= 0.3 is 0 Å². The number of fused-ring (bicyclic) bond motifs is 2. The van der Waals surface area contributed by atoms with Gasteiger partial charge in [-0.2, -0.15) is 0 Å². The molecule has 4 heteroatoms. The van der Waals surface area contributed by atoms with E-state index >= 15 is 0 Å². The molecule has 0 aliphatic carbocycles. The minimum Gasteiger partial charge on any atom is -0.364 e. The van der Waals surface area contributed by atoms with E-state index in [1.807, 2.05) is 4.90 Å². The third-order valence-corrected chi connectivity index (χ3v) is 4.04. The van der Waals surface area contributed by atoms with Crippen LogP contribution in [-0.2, 0) is 0 Å². The Bertz CT molecular complexity index is 426. The summed E-state index contributed by atoms with van der Waals surface area (Å²) in [5.74, 6) is -0.877. The van der Waals surface area contributed by atoms with Gasteiger partial charge in [-0.1, -0.05) is 0 Å². The SMILES string of the molecule is Cc1cc(F)c(N2CC3CC(C2)N3C)c(F)c1. The zero-order chi connectivity index (χ0) is 12.2. The van der Waals surface area contributed by atoms with Crippen molar-refractivity contribution in [2.24, 2.45) is 0 Å².